The van der Waals surface area contributed by atoms with Crippen LogP contribution < -0.4 is 16.4 Å². The van der Waals surface area contributed by atoms with Gasteiger partial charge in [-0.2, -0.15) is 0 Å². The van der Waals surface area contributed by atoms with E-state index in [0.29, 0.717) is 13.0 Å². The Morgan fingerprint density at radius 1 is 1.50 bits per heavy atom. The van der Waals surface area contributed by atoms with Gasteiger partial charge in [-0.25, -0.2) is 0 Å². The van der Waals surface area contributed by atoms with Crippen LogP contribution in [0.25, 0.3) is 0 Å². The monoisotopic (exact) mass is 227 g/mol. The highest BCUT2D eigenvalue weighted by molar-refractivity contribution is 5.84. The number of hydrogen-bond acceptors (Lipinski definition) is 3. The molecular weight excluding hydrogens is 206 g/mol. The molecule has 1 saturated carbocycles. The Kier molecular flexibility index (Phi) is 4.29. The van der Waals surface area contributed by atoms with E-state index in [0.717, 1.165) is 19.3 Å². The number of carbonyl (C=O) groups excluding carboxylic acids is 2. The highest BCUT2D eigenvalue weighted by atomic mass is 16.2. The molecule has 0 aromatic rings. The van der Waals surface area contributed by atoms with Crippen LogP contribution in [0.5, 0.6) is 0 Å². The zero-order valence-electron chi connectivity index (χ0n) is 10.0. The van der Waals surface area contributed by atoms with E-state index >= 15 is 0 Å². The minimum absolute atomic E-state index is 0.0265. The molecule has 16 heavy (non-hydrogen) atoms. The first kappa shape index (κ1) is 13.0. The lowest BCUT2D eigenvalue weighted by atomic mass is 9.84. The number of amides is 2. The maximum absolute atomic E-state index is 11.9. The number of hydrogen-bond donors (Lipinski definition) is 3. The van der Waals surface area contributed by atoms with Gasteiger partial charge in [0.1, 0.15) is 0 Å². The van der Waals surface area contributed by atoms with Crippen LogP contribution in [0.1, 0.15) is 32.6 Å². The smallest absolute Gasteiger partial charge is 0.227 e. The van der Waals surface area contributed by atoms with Crippen molar-refractivity contribution in [2.75, 3.05) is 13.6 Å². The van der Waals surface area contributed by atoms with Crippen molar-refractivity contribution in [3.63, 3.8) is 0 Å². The summed E-state index contributed by atoms with van der Waals surface area (Å²) in [5.74, 6) is -0.0948. The van der Waals surface area contributed by atoms with Gasteiger partial charge in [0, 0.05) is 26.1 Å². The van der Waals surface area contributed by atoms with Crippen LogP contribution in [0, 0.1) is 5.41 Å². The molecule has 2 unspecified atom stereocenters. The van der Waals surface area contributed by atoms with Crippen molar-refractivity contribution in [2.24, 2.45) is 11.1 Å². The molecular formula is C11H21N3O2. The molecule has 0 spiro atoms. The predicted molar refractivity (Wildman–Crippen MR) is 61.6 cm³/mol. The van der Waals surface area contributed by atoms with Gasteiger partial charge in [0.15, 0.2) is 0 Å². The number of carbonyl (C=O) groups is 2. The summed E-state index contributed by atoms with van der Waals surface area (Å²) in [6, 6.07) is -0.0625. The molecule has 92 valence electrons. The van der Waals surface area contributed by atoms with Gasteiger partial charge in [-0.05, 0) is 19.8 Å². The molecule has 1 fully saturated rings. The maximum atomic E-state index is 11.9. The second-order valence-corrected chi connectivity index (χ2v) is 4.60. The van der Waals surface area contributed by atoms with Crippen LogP contribution in [-0.4, -0.2) is 31.4 Å². The van der Waals surface area contributed by atoms with Crippen LogP contribution in [-0.2, 0) is 9.59 Å². The summed E-state index contributed by atoms with van der Waals surface area (Å²) in [7, 11) is 1.58. The summed E-state index contributed by atoms with van der Waals surface area (Å²) in [6.07, 6.45) is 3.05. The first-order chi connectivity index (χ1) is 7.50. The minimum atomic E-state index is -0.456. The largest absolute Gasteiger partial charge is 0.359 e. The quantitative estimate of drug-likeness (QED) is 0.619. The fourth-order valence-electron chi connectivity index (χ4n) is 2.09. The third-order valence-electron chi connectivity index (χ3n) is 3.46. The summed E-state index contributed by atoms with van der Waals surface area (Å²) in [5, 5.41) is 5.29. The van der Waals surface area contributed by atoms with E-state index in [1.807, 2.05) is 6.92 Å². The SMILES string of the molecule is CNC(=O)CCNC(=O)C1(C)CCCC1N. The third kappa shape index (κ3) is 2.72. The highest BCUT2D eigenvalue weighted by Gasteiger charge is 2.42. The van der Waals surface area contributed by atoms with Gasteiger partial charge in [0.2, 0.25) is 11.8 Å². The van der Waals surface area contributed by atoms with Crippen LogP contribution in [0.2, 0.25) is 0 Å². The van der Waals surface area contributed by atoms with E-state index < -0.39 is 5.41 Å². The van der Waals surface area contributed by atoms with Gasteiger partial charge >= 0.3 is 0 Å². The molecule has 0 aromatic heterocycles. The van der Waals surface area contributed by atoms with Crippen LogP contribution in [0.4, 0.5) is 0 Å². The normalized spacial score (nSPS) is 28.8. The molecule has 0 aromatic carbocycles. The molecule has 1 rings (SSSR count). The first-order valence-corrected chi connectivity index (χ1v) is 5.75. The van der Waals surface area contributed by atoms with Gasteiger partial charge in [0.05, 0.1) is 5.41 Å². The van der Waals surface area contributed by atoms with E-state index in [4.69, 9.17) is 5.73 Å². The number of nitrogens with two attached hydrogens (primary N) is 1. The summed E-state index contributed by atoms with van der Waals surface area (Å²) >= 11 is 0. The van der Waals surface area contributed by atoms with E-state index in [2.05, 4.69) is 10.6 Å². The lowest BCUT2D eigenvalue weighted by Crippen LogP contribution is -2.47. The standard InChI is InChI=1S/C11H21N3O2/c1-11(6-3-4-8(11)12)10(16)14-7-5-9(15)13-2/h8H,3-7,12H2,1-2H3,(H,13,15)(H,14,16). The lowest BCUT2D eigenvalue weighted by Gasteiger charge is -2.27. The minimum Gasteiger partial charge on any atom is -0.359 e. The molecule has 5 heteroatoms. The van der Waals surface area contributed by atoms with Crippen molar-refractivity contribution in [2.45, 2.75) is 38.6 Å². The van der Waals surface area contributed by atoms with Gasteiger partial charge in [-0.3, -0.25) is 9.59 Å². The van der Waals surface area contributed by atoms with Crippen molar-refractivity contribution in [3.05, 3.63) is 0 Å². The van der Waals surface area contributed by atoms with Crippen molar-refractivity contribution in [1.82, 2.24) is 10.6 Å². The Balaban J connectivity index is 2.37. The summed E-state index contributed by atoms with van der Waals surface area (Å²) in [4.78, 5) is 22.9. The van der Waals surface area contributed by atoms with Crippen LogP contribution >= 0.6 is 0 Å². The van der Waals surface area contributed by atoms with Gasteiger partial charge in [-0.15, -0.1) is 0 Å². The molecule has 1 aliphatic carbocycles. The van der Waals surface area contributed by atoms with Crippen LogP contribution in [0.15, 0.2) is 0 Å². The van der Waals surface area contributed by atoms with Crippen molar-refractivity contribution < 1.29 is 9.59 Å². The zero-order valence-corrected chi connectivity index (χ0v) is 10.0. The summed E-state index contributed by atoms with van der Waals surface area (Å²) < 4.78 is 0. The molecule has 1 aliphatic rings. The molecule has 0 saturated heterocycles. The zero-order chi connectivity index (χ0) is 12.2. The molecule has 0 bridgehead atoms. The van der Waals surface area contributed by atoms with E-state index in [1.165, 1.54) is 0 Å². The molecule has 2 amide bonds. The topological polar surface area (TPSA) is 84.2 Å². The summed E-state index contributed by atoms with van der Waals surface area (Å²) in [5.41, 5.74) is 5.48. The Hall–Kier alpha value is -1.10. The molecule has 0 heterocycles. The second-order valence-electron chi connectivity index (χ2n) is 4.60. The van der Waals surface area contributed by atoms with Gasteiger partial charge in [0.25, 0.3) is 0 Å². The van der Waals surface area contributed by atoms with Gasteiger partial charge in [-0.1, -0.05) is 6.42 Å². The number of nitrogens with one attached hydrogen (secondary N) is 2. The van der Waals surface area contributed by atoms with E-state index in [-0.39, 0.29) is 17.9 Å². The molecule has 2 atom stereocenters. The van der Waals surface area contributed by atoms with E-state index in [1.54, 1.807) is 7.05 Å². The molecule has 4 N–H and O–H groups in total. The molecule has 0 aliphatic heterocycles. The Morgan fingerprint density at radius 3 is 2.69 bits per heavy atom. The highest BCUT2D eigenvalue weighted by Crippen LogP contribution is 2.36. The fourth-order valence-corrected chi connectivity index (χ4v) is 2.09. The van der Waals surface area contributed by atoms with Crippen molar-refractivity contribution in [3.8, 4) is 0 Å². The maximum Gasteiger partial charge on any atom is 0.227 e. The Labute approximate surface area is 96.1 Å². The Bertz CT molecular complexity index is 280. The van der Waals surface area contributed by atoms with Crippen molar-refractivity contribution in [1.29, 1.82) is 0 Å². The molecule has 0 radical (unpaired) electrons. The van der Waals surface area contributed by atoms with Crippen molar-refractivity contribution >= 4 is 11.8 Å². The average Bonchev–Trinajstić information content (AvgIpc) is 2.60. The fraction of sp³-hybridized carbons (Fsp3) is 0.818. The lowest BCUT2D eigenvalue weighted by molar-refractivity contribution is -0.130. The summed E-state index contributed by atoms with van der Waals surface area (Å²) in [6.45, 7) is 2.28. The van der Waals surface area contributed by atoms with Gasteiger partial charge < -0.3 is 16.4 Å². The average molecular weight is 227 g/mol. The number of rotatable bonds is 4. The molecule has 5 nitrogen and oxygen atoms in total. The second kappa shape index (κ2) is 5.30. The van der Waals surface area contributed by atoms with Crippen LogP contribution in [0.3, 0.4) is 0 Å². The third-order valence-corrected chi connectivity index (χ3v) is 3.46. The Morgan fingerprint density at radius 2 is 2.19 bits per heavy atom. The predicted octanol–water partition coefficient (Wildman–Crippen LogP) is -0.244. The first-order valence-electron chi connectivity index (χ1n) is 5.75. The van der Waals surface area contributed by atoms with E-state index in [9.17, 15) is 9.59 Å².